The fraction of sp³-hybridized carbons (Fsp3) is 0.639. The normalized spacial score (nSPS) is 12.0. The van der Waals surface area contributed by atoms with Crippen LogP contribution in [0.5, 0.6) is 0 Å². The number of hydrogen-bond acceptors (Lipinski definition) is 9. The summed E-state index contributed by atoms with van der Waals surface area (Å²) in [7, 11) is 5.89. The third kappa shape index (κ3) is 14.4. The van der Waals surface area contributed by atoms with E-state index < -0.39 is 0 Å². The standard InChI is InChI=1S/C8H14N2.2C7H13N3.2C7H11NO/c1-8(2,3)7-5-9-6-10(7)4;1-7(2,3)6-9-8-5-10(6)4;1-7(2,3)6-5-8-9-10(6)4;1-7(2,3)6-4-8-5-9-6;1-7(2,3)6-8-4-5-9-6/h5-6H,1-4H3;2*5H,1-4H3;2*4-5H,1-3H3. The Morgan fingerprint density at radius 2 is 1.17 bits per heavy atom. The molecule has 0 amide bonds. The van der Waals surface area contributed by atoms with E-state index in [9.17, 15) is 0 Å². The monoisotopic (exact) mass is 667 g/mol. The van der Waals surface area contributed by atoms with Crippen molar-refractivity contribution < 1.29 is 8.83 Å². The molecule has 12 heteroatoms. The average molecular weight is 667 g/mol. The quantitative estimate of drug-likeness (QED) is 0.162. The van der Waals surface area contributed by atoms with Crippen LogP contribution in [0.1, 0.15) is 133 Å². The van der Waals surface area contributed by atoms with Crippen LogP contribution in [-0.4, -0.2) is 49.3 Å². The van der Waals surface area contributed by atoms with Crippen LogP contribution in [-0.2, 0) is 48.2 Å². The highest BCUT2D eigenvalue weighted by Gasteiger charge is 2.20. The lowest BCUT2D eigenvalue weighted by molar-refractivity contribution is 0.392. The largest absolute Gasteiger partial charge is 0.448 e. The summed E-state index contributed by atoms with van der Waals surface area (Å²) in [5, 5.41) is 15.5. The highest BCUT2D eigenvalue weighted by Crippen LogP contribution is 2.22. The van der Waals surface area contributed by atoms with Gasteiger partial charge in [0.15, 0.2) is 12.3 Å². The van der Waals surface area contributed by atoms with Crippen LogP contribution in [0.2, 0.25) is 0 Å². The maximum absolute atomic E-state index is 5.09. The molecule has 0 unspecified atom stereocenters. The second-order valence-electron chi connectivity index (χ2n) is 16.9. The van der Waals surface area contributed by atoms with Crippen LogP contribution in [0.15, 0.2) is 58.9 Å². The second-order valence-corrected chi connectivity index (χ2v) is 16.9. The molecule has 5 heterocycles. The Balaban J connectivity index is 0.000000300. The zero-order chi connectivity index (χ0) is 37.1. The number of hydrogen-bond donors (Lipinski definition) is 0. The van der Waals surface area contributed by atoms with Crippen LogP contribution >= 0.6 is 0 Å². The van der Waals surface area contributed by atoms with Gasteiger partial charge >= 0.3 is 0 Å². The number of aromatic nitrogens is 10. The van der Waals surface area contributed by atoms with Gasteiger partial charge in [-0.25, -0.2) is 15.0 Å². The van der Waals surface area contributed by atoms with Crippen LogP contribution in [0, 0.1) is 0 Å². The van der Waals surface area contributed by atoms with Crippen LogP contribution in [0.25, 0.3) is 0 Å². The minimum atomic E-state index is 0.0451. The van der Waals surface area contributed by atoms with Gasteiger partial charge in [-0.15, -0.1) is 15.3 Å². The number of aryl methyl sites for hydroxylation is 3. The number of nitrogens with zero attached hydrogens (tertiary/aromatic N) is 10. The van der Waals surface area contributed by atoms with Gasteiger partial charge in [-0.05, 0) is 0 Å². The van der Waals surface area contributed by atoms with Gasteiger partial charge in [-0.1, -0.05) is 109 Å². The zero-order valence-corrected chi connectivity index (χ0v) is 32.9. The van der Waals surface area contributed by atoms with Crippen molar-refractivity contribution in [3.63, 3.8) is 0 Å². The van der Waals surface area contributed by atoms with Crippen molar-refractivity contribution in [1.29, 1.82) is 0 Å². The van der Waals surface area contributed by atoms with Crippen molar-refractivity contribution in [2.75, 3.05) is 0 Å². The van der Waals surface area contributed by atoms with E-state index in [1.165, 1.54) is 12.1 Å². The van der Waals surface area contributed by atoms with E-state index in [1.54, 1.807) is 35.9 Å². The average Bonchev–Trinajstić information content (AvgIpc) is 3.74. The summed E-state index contributed by atoms with van der Waals surface area (Å²) in [6.07, 6.45) is 13.8. The summed E-state index contributed by atoms with van der Waals surface area (Å²) in [5.41, 5.74) is 3.04. The molecule has 0 aliphatic heterocycles. The Labute approximate surface area is 288 Å². The topological polar surface area (TPSA) is 131 Å². The predicted octanol–water partition coefficient (Wildman–Crippen LogP) is 7.89. The van der Waals surface area contributed by atoms with Gasteiger partial charge < -0.3 is 18.0 Å². The summed E-state index contributed by atoms with van der Waals surface area (Å²) in [5.74, 6) is 2.75. The number of rotatable bonds is 0. The van der Waals surface area contributed by atoms with E-state index in [4.69, 9.17) is 8.83 Å². The minimum absolute atomic E-state index is 0.0451. The SMILES string of the molecule is CC(C)(C)c1cnco1.CC(C)(C)c1ncco1.Cn1cncc1C(C)(C)C.Cn1cnnc1C(C)(C)C.Cn1nncc1C(C)(C)C. The van der Waals surface area contributed by atoms with E-state index in [0.29, 0.717) is 0 Å². The van der Waals surface area contributed by atoms with Gasteiger partial charge in [0.25, 0.3) is 0 Å². The Kier molecular flexibility index (Phi) is 14.7. The first-order valence-electron chi connectivity index (χ1n) is 16.2. The lowest BCUT2D eigenvalue weighted by Gasteiger charge is -2.18. The first-order valence-corrected chi connectivity index (χ1v) is 16.2. The van der Waals surface area contributed by atoms with Crippen molar-refractivity contribution in [3.05, 3.63) is 79.0 Å². The highest BCUT2D eigenvalue weighted by molar-refractivity contribution is 5.10. The molecule has 0 saturated heterocycles. The predicted molar refractivity (Wildman–Crippen MR) is 192 cm³/mol. The molecule has 0 saturated carbocycles. The third-order valence-corrected chi connectivity index (χ3v) is 6.70. The van der Waals surface area contributed by atoms with Crippen molar-refractivity contribution in [3.8, 4) is 0 Å². The first kappa shape index (κ1) is 41.9. The molecule has 0 aromatic carbocycles. The van der Waals surface area contributed by atoms with Crippen molar-refractivity contribution in [1.82, 2.24) is 49.3 Å². The molecule has 0 fully saturated rings. The first-order chi connectivity index (χ1) is 21.8. The summed E-state index contributed by atoms with van der Waals surface area (Å²) < 4.78 is 16.0. The van der Waals surface area contributed by atoms with E-state index in [0.717, 1.165) is 23.2 Å². The van der Waals surface area contributed by atoms with E-state index >= 15 is 0 Å². The molecule has 268 valence electrons. The number of imidazole rings is 1. The molecule has 48 heavy (non-hydrogen) atoms. The maximum atomic E-state index is 5.09. The van der Waals surface area contributed by atoms with Gasteiger partial charge in [0.05, 0.1) is 30.6 Å². The highest BCUT2D eigenvalue weighted by atomic mass is 16.3. The summed E-state index contributed by atoms with van der Waals surface area (Å²) in [6.45, 7) is 31.8. The molecular formula is C36H62N10O2. The van der Waals surface area contributed by atoms with E-state index in [1.807, 2.05) is 38.2 Å². The van der Waals surface area contributed by atoms with Gasteiger partial charge in [0.2, 0.25) is 0 Å². The molecule has 5 aromatic heterocycles. The molecule has 5 aromatic rings. The fourth-order valence-electron chi connectivity index (χ4n) is 4.19. The molecule has 5 rings (SSSR count). The molecule has 0 aliphatic carbocycles. The molecule has 0 N–H and O–H groups in total. The Hall–Kier alpha value is -4.09. The summed E-state index contributed by atoms with van der Waals surface area (Å²) in [6, 6.07) is 0. The second kappa shape index (κ2) is 16.8. The van der Waals surface area contributed by atoms with E-state index in [2.05, 4.69) is 144 Å². The molecule has 0 atom stereocenters. The minimum Gasteiger partial charge on any atom is -0.448 e. The van der Waals surface area contributed by atoms with Gasteiger partial charge in [-0.3, -0.25) is 4.68 Å². The van der Waals surface area contributed by atoms with Crippen LogP contribution in [0.4, 0.5) is 0 Å². The van der Waals surface area contributed by atoms with Crippen molar-refractivity contribution in [2.45, 2.75) is 131 Å². The van der Waals surface area contributed by atoms with Crippen LogP contribution < -0.4 is 0 Å². The smallest absolute Gasteiger partial charge is 0.199 e. The van der Waals surface area contributed by atoms with Gasteiger partial charge in [-0.2, -0.15) is 0 Å². The zero-order valence-electron chi connectivity index (χ0n) is 32.9. The van der Waals surface area contributed by atoms with Crippen molar-refractivity contribution in [2.24, 2.45) is 21.1 Å². The van der Waals surface area contributed by atoms with Crippen molar-refractivity contribution >= 4 is 0 Å². The van der Waals surface area contributed by atoms with E-state index in [-0.39, 0.29) is 27.1 Å². The summed E-state index contributed by atoms with van der Waals surface area (Å²) >= 11 is 0. The molecule has 0 bridgehead atoms. The Bertz CT molecular complexity index is 1390. The van der Waals surface area contributed by atoms with Gasteiger partial charge in [0, 0.05) is 60.1 Å². The third-order valence-electron chi connectivity index (χ3n) is 6.70. The lowest BCUT2D eigenvalue weighted by Crippen LogP contribution is -2.17. The molecule has 12 nitrogen and oxygen atoms in total. The maximum Gasteiger partial charge on any atom is 0.199 e. The molecule has 0 spiro atoms. The molecule has 0 radical (unpaired) electrons. The molecular weight excluding hydrogens is 604 g/mol. The Morgan fingerprint density at radius 1 is 0.562 bits per heavy atom. The number of oxazole rings is 2. The Morgan fingerprint density at radius 3 is 1.38 bits per heavy atom. The lowest BCUT2D eigenvalue weighted by atomic mass is 9.93. The summed E-state index contributed by atoms with van der Waals surface area (Å²) in [4.78, 5) is 11.9. The molecule has 0 aliphatic rings. The fourth-order valence-corrected chi connectivity index (χ4v) is 4.19. The van der Waals surface area contributed by atoms with Gasteiger partial charge in [0.1, 0.15) is 24.2 Å². The van der Waals surface area contributed by atoms with Crippen LogP contribution in [0.3, 0.4) is 0 Å².